The lowest BCUT2D eigenvalue weighted by Crippen LogP contribution is -2.76. The molecule has 0 aliphatic rings. The maximum atomic E-state index is 13.5. The fourth-order valence-corrected chi connectivity index (χ4v) is 2.10. The molecule has 0 amide bonds. The van der Waals surface area contributed by atoms with E-state index in [4.69, 9.17) is 0 Å². The van der Waals surface area contributed by atoms with Gasteiger partial charge in [0.15, 0.2) is 0 Å². The zero-order chi connectivity index (χ0) is 30.7. The highest BCUT2D eigenvalue weighted by Gasteiger charge is 2.97. The predicted molar refractivity (Wildman–Crippen MR) is 71.8 cm³/mol. The fraction of sp³-hybridized carbons (Fsp3) is 0.929. The summed E-state index contributed by atoms with van der Waals surface area (Å²) >= 11 is 0. The number of hydrogen-bond acceptors (Lipinski definition) is 2. The molecular formula is C14H7F21O2. The van der Waals surface area contributed by atoms with Crippen LogP contribution in [0, 0.1) is 0 Å². The molecule has 0 fully saturated rings. The minimum atomic E-state index is -9.22. The van der Waals surface area contributed by atoms with E-state index in [0.29, 0.717) is 0 Å². The molecule has 0 rings (SSSR count). The Kier molecular flexibility index (Phi) is 8.55. The van der Waals surface area contributed by atoms with Crippen LogP contribution in [0.4, 0.5) is 92.2 Å². The quantitative estimate of drug-likeness (QED) is 0.184. The molecule has 0 aliphatic carbocycles. The van der Waals surface area contributed by atoms with Crippen molar-refractivity contribution in [3.63, 3.8) is 0 Å². The Balaban J connectivity index is 6.97. The Bertz CT molecular complexity index is 839. The van der Waals surface area contributed by atoms with Gasteiger partial charge in [-0.15, -0.1) is 0 Å². The largest absolute Gasteiger partial charge is 0.466 e. The van der Waals surface area contributed by atoms with Crippen LogP contribution in [0.5, 0.6) is 0 Å². The van der Waals surface area contributed by atoms with Gasteiger partial charge in [-0.25, -0.2) is 0 Å². The van der Waals surface area contributed by atoms with E-state index < -0.39 is 78.5 Å². The molecule has 0 aromatic carbocycles. The van der Waals surface area contributed by atoms with E-state index >= 15 is 0 Å². The number of ether oxygens (including phenoxy) is 1. The lowest BCUT2D eigenvalue weighted by Gasteiger charge is -2.44. The van der Waals surface area contributed by atoms with Gasteiger partial charge in [0.25, 0.3) is 0 Å². The zero-order valence-electron chi connectivity index (χ0n) is 16.7. The highest BCUT2D eigenvalue weighted by atomic mass is 19.4. The van der Waals surface area contributed by atoms with Crippen LogP contribution in [-0.4, -0.2) is 72.1 Å². The third kappa shape index (κ3) is 4.60. The molecule has 0 unspecified atom stereocenters. The van der Waals surface area contributed by atoms with Crippen molar-refractivity contribution < 1.29 is 102 Å². The molecule has 222 valence electrons. The maximum Gasteiger partial charge on any atom is 0.460 e. The van der Waals surface area contributed by atoms with Crippen molar-refractivity contribution in [3.05, 3.63) is 0 Å². The molecule has 0 bridgehead atoms. The van der Waals surface area contributed by atoms with E-state index in [2.05, 4.69) is 4.74 Å². The van der Waals surface area contributed by atoms with E-state index in [9.17, 15) is 97.0 Å². The van der Waals surface area contributed by atoms with Gasteiger partial charge in [-0.1, -0.05) is 0 Å². The highest BCUT2D eigenvalue weighted by Crippen LogP contribution is 2.66. The van der Waals surface area contributed by atoms with Crippen LogP contribution in [0.25, 0.3) is 0 Å². The van der Waals surface area contributed by atoms with Crippen LogP contribution in [0.2, 0.25) is 0 Å². The van der Waals surface area contributed by atoms with E-state index in [1.165, 1.54) is 0 Å². The Hall–Kier alpha value is -2.00. The van der Waals surface area contributed by atoms with E-state index in [-0.39, 0.29) is 0 Å². The summed E-state index contributed by atoms with van der Waals surface area (Å²) in [6, 6.07) is 0. The van der Waals surface area contributed by atoms with Crippen LogP contribution in [-0.2, 0) is 9.53 Å². The summed E-state index contributed by atoms with van der Waals surface area (Å²) in [5.74, 6) is -80.5. The standard InChI is InChI=1S/C14H7F21O2/c1-2-37-4(36)3-5(15,16)6(17,18)7(19,20)8(21,22)9(23,24)10(25,26)11(27,28)12(29,30)13(31,32)14(33,34)35/h2-3H2,1H3. The minimum absolute atomic E-state index is 0.748. The second kappa shape index (κ2) is 9.04. The summed E-state index contributed by atoms with van der Waals surface area (Å²) in [7, 11) is 0. The van der Waals surface area contributed by atoms with Crippen molar-refractivity contribution >= 4 is 5.97 Å². The average Bonchev–Trinajstić information content (AvgIpc) is 2.65. The van der Waals surface area contributed by atoms with Gasteiger partial charge in [0.05, 0.1) is 6.61 Å². The van der Waals surface area contributed by atoms with Gasteiger partial charge < -0.3 is 4.74 Å². The topological polar surface area (TPSA) is 26.3 Å². The number of hydrogen-bond donors (Lipinski definition) is 0. The van der Waals surface area contributed by atoms with Crippen LogP contribution in [0.1, 0.15) is 13.3 Å². The Morgan fingerprint density at radius 2 is 0.703 bits per heavy atom. The molecule has 0 radical (unpaired) electrons. The second-order valence-electron chi connectivity index (χ2n) is 6.78. The third-order valence-electron chi connectivity index (χ3n) is 4.25. The highest BCUT2D eigenvalue weighted by molar-refractivity contribution is 5.70. The number of alkyl halides is 21. The minimum Gasteiger partial charge on any atom is -0.466 e. The first-order chi connectivity index (χ1) is 15.7. The van der Waals surface area contributed by atoms with E-state index in [0.717, 1.165) is 6.92 Å². The van der Waals surface area contributed by atoms with Crippen molar-refractivity contribution in [3.8, 4) is 0 Å². The normalized spacial score (nSPS) is 16.2. The first kappa shape index (κ1) is 35.0. The van der Waals surface area contributed by atoms with Crippen molar-refractivity contribution in [2.45, 2.75) is 72.8 Å². The van der Waals surface area contributed by atoms with Gasteiger partial charge in [-0.3, -0.25) is 4.79 Å². The number of carbonyl (C=O) groups excluding carboxylic acids is 1. The lowest BCUT2D eigenvalue weighted by atomic mass is 9.86. The van der Waals surface area contributed by atoms with Crippen molar-refractivity contribution in [1.29, 1.82) is 0 Å². The molecule has 0 atom stereocenters. The summed E-state index contributed by atoms with van der Waals surface area (Å²) < 4.78 is 279. The van der Waals surface area contributed by atoms with Crippen LogP contribution < -0.4 is 0 Å². The average molecular weight is 606 g/mol. The Morgan fingerprint density at radius 1 is 0.459 bits per heavy atom. The molecule has 0 heterocycles. The summed E-state index contributed by atoms with van der Waals surface area (Å²) in [5, 5.41) is 0. The van der Waals surface area contributed by atoms with Crippen LogP contribution in [0.3, 0.4) is 0 Å². The molecule has 37 heavy (non-hydrogen) atoms. The first-order valence-electron chi connectivity index (χ1n) is 8.33. The molecule has 23 heteroatoms. The van der Waals surface area contributed by atoms with Gasteiger partial charge in [-0.05, 0) is 6.92 Å². The third-order valence-corrected chi connectivity index (χ3v) is 4.25. The van der Waals surface area contributed by atoms with Crippen LogP contribution >= 0.6 is 0 Å². The fourth-order valence-electron chi connectivity index (χ4n) is 2.10. The van der Waals surface area contributed by atoms with Crippen LogP contribution in [0.15, 0.2) is 0 Å². The van der Waals surface area contributed by atoms with Gasteiger partial charge in [0, 0.05) is 0 Å². The number of halogens is 21. The van der Waals surface area contributed by atoms with Crippen molar-refractivity contribution in [2.75, 3.05) is 6.61 Å². The molecule has 0 aliphatic heterocycles. The van der Waals surface area contributed by atoms with Gasteiger partial charge in [-0.2, -0.15) is 92.2 Å². The first-order valence-corrected chi connectivity index (χ1v) is 8.33. The summed E-state index contributed by atoms with van der Waals surface area (Å²) in [5.41, 5.74) is 0. The Morgan fingerprint density at radius 3 is 0.946 bits per heavy atom. The van der Waals surface area contributed by atoms with E-state index in [1.54, 1.807) is 0 Å². The lowest BCUT2D eigenvalue weighted by molar-refractivity contribution is -0.474. The monoisotopic (exact) mass is 606 g/mol. The molecule has 0 aromatic rings. The molecule has 0 spiro atoms. The molecule has 0 aromatic heterocycles. The van der Waals surface area contributed by atoms with Crippen molar-refractivity contribution in [2.24, 2.45) is 0 Å². The summed E-state index contributed by atoms with van der Waals surface area (Å²) in [6.45, 7) is -0.249. The smallest absolute Gasteiger partial charge is 0.460 e. The van der Waals surface area contributed by atoms with Gasteiger partial charge in [0.1, 0.15) is 6.42 Å². The zero-order valence-corrected chi connectivity index (χ0v) is 16.7. The van der Waals surface area contributed by atoms with Gasteiger partial charge >= 0.3 is 65.4 Å². The number of rotatable bonds is 11. The molecule has 0 N–H and O–H groups in total. The van der Waals surface area contributed by atoms with Gasteiger partial charge in [0.2, 0.25) is 0 Å². The summed E-state index contributed by atoms with van der Waals surface area (Å²) in [4.78, 5) is 10.8. The number of esters is 1. The maximum absolute atomic E-state index is 13.5. The van der Waals surface area contributed by atoms with Crippen molar-refractivity contribution in [1.82, 2.24) is 0 Å². The SMILES string of the molecule is CCOC(=O)CC(F)(F)C(F)(F)C(F)(F)C(F)(F)C(F)(F)C(F)(F)C(F)(F)C(F)(F)C(F)(F)C(F)(F)F. The molecule has 0 saturated heterocycles. The van der Waals surface area contributed by atoms with E-state index in [1.807, 2.05) is 0 Å². The molecule has 0 saturated carbocycles. The Labute approximate surface area is 188 Å². The second-order valence-corrected chi connectivity index (χ2v) is 6.78. The number of carbonyl (C=O) groups is 1. The molecular weight excluding hydrogens is 599 g/mol. The predicted octanol–water partition coefficient (Wildman–Crippen LogP) is 7.22. The molecule has 2 nitrogen and oxygen atoms in total. The summed E-state index contributed by atoms with van der Waals surface area (Å²) in [6.07, 6.45) is -11.4.